The van der Waals surface area contributed by atoms with Crippen LogP contribution in [0.25, 0.3) is 11.0 Å². The number of thioether (sulfide) groups is 1. The maximum absolute atomic E-state index is 11.8. The lowest BCUT2D eigenvalue weighted by molar-refractivity contribution is 0.557. The van der Waals surface area contributed by atoms with Crippen LogP contribution in [0.3, 0.4) is 0 Å². The van der Waals surface area contributed by atoms with Gasteiger partial charge in [0.05, 0.1) is 0 Å². The minimum atomic E-state index is -0.345. The highest BCUT2D eigenvalue weighted by Gasteiger charge is 2.12. The molecule has 0 spiro atoms. The van der Waals surface area contributed by atoms with Crippen molar-refractivity contribution in [2.24, 2.45) is 0 Å². The molecular weight excluding hydrogens is 300 g/mol. The Labute approximate surface area is 131 Å². The van der Waals surface area contributed by atoms with E-state index in [0.29, 0.717) is 22.3 Å². The van der Waals surface area contributed by atoms with Crippen LogP contribution in [0.4, 0.5) is 0 Å². The average Bonchev–Trinajstić information content (AvgIpc) is 2.80. The molecule has 1 aromatic carbocycles. The Morgan fingerprint density at radius 3 is 2.73 bits per heavy atom. The summed E-state index contributed by atoms with van der Waals surface area (Å²) in [4.78, 5) is 11.8. The molecule has 0 bridgehead atoms. The van der Waals surface area contributed by atoms with Gasteiger partial charge in [-0.05, 0) is 37.5 Å². The summed E-state index contributed by atoms with van der Waals surface area (Å²) in [5, 5.41) is 9.49. The highest BCUT2D eigenvalue weighted by molar-refractivity contribution is 7.98. The fourth-order valence-electron chi connectivity index (χ4n) is 2.23. The summed E-state index contributed by atoms with van der Waals surface area (Å²) in [7, 11) is 0. The van der Waals surface area contributed by atoms with Crippen molar-refractivity contribution in [3.8, 4) is 0 Å². The molecule has 0 aliphatic carbocycles. The molecule has 3 aromatic rings. The standard InChI is InChI=1S/C15H16N4O2S/c1-8-4-5-12-11(6-13(20)21-14(12)9(8)2)7-22-15-18-17-10(3)19(15)16/h4-6H,7,16H2,1-3H3. The zero-order valence-electron chi connectivity index (χ0n) is 12.6. The summed E-state index contributed by atoms with van der Waals surface area (Å²) < 4.78 is 6.81. The normalized spacial score (nSPS) is 11.2. The Morgan fingerprint density at radius 1 is 1.27 bits per heavy atom. The van der Waals surface area contributed by atoms with Crippen molar-refractivity contribution in [3.63, 3.8) is 0 Å². The highest BCUT2D eigenvalue weighted by Crippen LogP contribution is 2.27. The maximum Gasteiger partial charge on any atom is 0.336 e. The number of rotatable bonds is 3. The van der Waals surface area contributed by atoms with Gasteiger partial charge in [0.15, 0.2) is 0 Å². The number of aryl methyl sites for hydroxylation is 3. The summed E-state index contributed by atoms with van der Waals surface area (Å²) in [6.45, 7) is 5.74. The number of nitrogen functional groups attached to an aromatic ring is 1. The SMILES string of the molecule is Cc1ccc2c(CSc3nnc(C)n3N)cc(=O)oc2c1C. The number of nitrogens with zero attached hydrogens (tertiary/aromatic N) is 3. The third-order valence-corrected chi connectivity index (χ3v) is 4.70. The molecule has 7 heteroatoms. The van der Waals surface area contributed by atoms with E-state index in [2.05, 4.69) is 10.2 Å². The van der Waals surface area contributed by atoms with Crippen LogP contribution in [0, 0.1) is 20.8 Å². The Balaban J connectivity index is 2.02. The lowest BCUT2D eigenvalue weighted by atomic mass is 10.0. The third kappa shape index (κ3) is 2.48. The van der Waals surface area contributed by atoms with Crippen molar-refractivity contribution in [1.29, 1.82) is 0 Å². The van der Waals surface area contributed by atoms with E-state index in [1.165, 1.54) is 22.5 Å². The van der Waals surface area contributed by atoms with Gasteiger partial charge in [-0.1, -0.05) is 23.9 Å². The Hall–Kier alpha value is -2.28. The maximum atomic E-state index is 11.8. The molecule has 0 aliphatic rings. The van der Waals surface area contributed by atoms with Gasteiger partial charge in [0.2, 0.25) is 5.16 Å². The van der Waals surface area contributed by atoms with E-state index in [1.54, 1.807) is 6.92 Å². The number of nitrogens with two attached hydrogens (primary N) is 1. The van der Waals surface area contributed by atoms with Crippen LogP contribution in [0.1, 0.15) is 22.5 Å². The lowest BCUT2D eigenvalue weighted by Gasteiger charge is -2.08. The molecule has 0 saturated heterocycles. The van der Waals surface area contributed by atoms with Crippen LogP contribution in [0.5, 0.6) is 0 Å². The molecule has 2 aromatic heterocycles. The van der Waals surface area contributed by atoms with Crippen LogP contribution in [0.15, 0.2) is 32.6 Å². The Morgan fingerprint density at radius 2 is 2.05 bits per heavy atom. The smallest absolute Gasteiger partial charge is 0.336 e. The van der Waals surface area contributed by atoms with E-state index in [1.807, 2.05) is 26.0 Å². The van der Waals surface area contributed by atoms with Crippen molar-refractivity contribution in [1.82, 2.24) is 14.9 Å². The summed E-state index contributed by atoms with van der Waals surface area (Å²) in [6.07, 6.45) is 0. The summed E-state index contributed by atoms with van der Waals surface area (Å²) in [6, 6.07) is 5.53. The van der Waals surface area contributed by atoms with Crippen molar-refractivity contribution in [2.75, 3.05) is 5.84 Å². The quantitative estimate of drug-likeness (QED) is 0.453. The molecule has 0 amide bonds. The minimum absolute atomic E-state index is 0.345. The molecule has 0 saturated carbocycles. The first-order valence-corrected chi connectivity index (χ1v) is 7.78. The second-order valence-electron chi connectivity index (χ2n) is 5.16. The lowest BCUT2D eigenvalue weighted by Crippen LogP contribution is -2.11. The summed E-state index contributed by atoms with van der Waals surface area (Å²) in [5.41, 5.74) is 3.28. The molecule has 0 fully saturated rings. The second kappa shape index (κ2) is 5.49. The number of hydrogen-bond acceptors (Lipinski definition) is 6. The van der Waals surface area contributed by atoms with Crippen LogP contribution in [-0.2, 0) is 5.75 Å². The van der Waals surface area contributed by atoms with Gasteiger partial charge in [0, 0.05) is 17.2 Å². The van der Waals surface area contributed by atoms with E-state index < -0.39 is 0 Å². The van der Waals surface area contributed by atoms with Gasteiger partial charge in [0.1, 0.15) is 11.4 Å². The summed E-state index contributed by atoms with van der Waals surface area (Å²) >= 11 is 1.44. The van der Waals surface area contributed by atoms with Crippen LogP contribution >= 0.6 is 11.8 Å². The predicted octanol–water partition coefficient (Wildman–Crippen LogP) is 2.32. The van der Waals surface area contributed by atoms with Crippen LogP contribution < -0.4 is 11.5 Å². The van der Waals surface area contributed by atoms with Crippen molar-refractivity contribution < 1.29 is 4.42 Å². The van der Waals surface area contributed by atoms with E-state index in [4.69, 9.17) is 10.3 Å². The molecule has 2 N–H and O–H groups in total. The van der Waals surface area contributed by atoms with Gasteiger partial charge in [-0.25, -0.2) is 9.47 Å². The van der Waals surface area contributed by atoms with Crippen LogP contribution in [0.2, 0.25) is 0 Å². The molecular formula is C15H16N4O2S. The fraction of sp³-hybridized carbons (Fsp3) is 0.267. The van der Waals surface area contributed by atoms with Gasteiger partial charge in [-0.2, -0.15) is 0 Å². The second-order valence-corrected chi connectivity index (χ2v) is 6.11. The van der Waals surface area contributed by atoms with Gasteiger partial charge in [-0.3, -0.25) is 0 Å². The van der Waals surface area contributed by atoms with Gasteiger partial charge < -0.3 is 10.3 Å². The third-order valence-electron chi connectivity index (χ3n) is 3.71. The zero-order chi connectivity index (χ0) is 15.9. The molecule has 0 atom stereocenters. The summed E-state index contributed by atoms with van der Waals surface area (Å²) in [5.74, 6) is 7.06. The van der Waals surface area contributed by atoms with Crippen molar-refractivity contribution in [2.45, 2.75) is 31.7 Å². The van der Waals surface area contributed by atoms with E-state index in [9.17, 15) is 4.79 Å². The van der Waals surface area contributed by atoms with E-state index in [0.717, 1.165) is 22.1 Å². The molecule has 0 radical (unpaired) electrons. The molecule has 6 nitrogen and oxygen atoms in total. The van der Waals surface area contributed by atoms with E-state index >= 15 is 0 Å². The topological polar surface area (TPSA) is 86.9 Å². The first-order valence-electron chi connectivity index (χ1n) is 6.80. The fourth-order valence-corrected chi connectivity index (χ4v) is 3.13. The average molecular weight is 316 g/mol. The highest BCUT2D eigenvalue weighted by atomic mass is 32.2. The van der Waals surface area contributed by atoms with Gasteiger partial charge in [0.25, 0.3) is 0 Å². The van der Waals surface area contributed by atoms with Gasteiger partial charge in [-0.15, -0.1) is 10.2 Å². The zero-order valence-corrected chi connectivity index (χ0v) is 13.4. The largest absolute Gasteiger partial charge is 0.422 e. The molecule has 3 rings (SSSR count). The molecule has 0 unspecified atom stereocenters. The van der Waals surface area contributed by atoms with Gasteiger partial charge >= 0.3 is 5.63 Å². The number of aromatic nitrogens is 3. The van der Waals surface area contributed by atoms with Crippen molar-refractivity contribution >= 4 is 22.7 Å². The first-order chi connectivity index (χ1) is 10.5. The first kappa shape index (κ1) is 14.6. The van der Waals surface area contributed by atoms with Crippen molar-refractivity contribution in [3.05, 3.63) is 51.1 Å². The monoisotopic (exact) mass is 316 g/mol. The number of benzene rings is 1. The number of fused-ring (bicyclic) bond motifs is 1. The Bertz CT molecular complexity index is 914. The van der Waals surface area contributed by atoms with E-state index in [-0.39, 0.29) is 5.63 Å². The molecule has 22 heavy (non-hydrogen) atoms. The molecule has 2 heterocycles. The minimum Gasteiger partial charge on any atom is -0.422 e. The Kier molecular flexibility index (Phi) is 3.66. The van der Waals surface area contributed by atoms with Crippen LogP contribution in [-0.4, -0.2) is 14.9 Å². The predicted molar refractivity (Wildman–Crippen MR) is 86.4 cm³/mol. The number of hydrogen-bond donors (Lipinski definition) is 1. The molecule has 114 valence electrons. The molecule has 0 aliphatic heterocycles.